The Morgan fingerprint density at radius 3 is 1.11 bits per heavy atom. The van der Waals surface area contributed by atoms with E-state index in [0.29, 0.717) is 19.3 Å². The summed E-state index contributed by atoms with van der Waals surface area (Å²) < 4.78 is 39.6. The average molecular weight is 1090 g/mol. The van der Waals surface area contributed by atoms with Gasteiger partial charge in [-0.3, -0.25) is 23.4 Å². The second kappa shape index (κ2) is 58.1. The predicted molar refractivity (Wildman–Crippen MR) is 316 cm³/mol. The van der Waals surface area contributed by atoms with Crippen LogP contribution in [-0.2, 0) is 42.2 Å². The van der Waals surface area contributed by atoms with Crippen molar-refractivity contribution >= 4 is 25.7 Å². The molecule has 0 rings (SSSR count). The lowest BCUT2D eigenvalue weighted by Gasteiger charge is -2.21. The minimum Gasteiger partial charge on any atom is -0.462 e. The van der Waals surface area contributed by atoms with E-state index in [1.807, 2.05) is 0 Å². The van der Waals surface area contributed by atoms with Gasteiger partial charge in [0.15, 0.2) is 6.10 Å². The summed E-state index contributed by atoms with van der Waals surface area (Å²) in [5, 5.41) is 9.82. The lowest BCUT2D eigenvalue weighted by atomic mass is 10.0. The van der Waals surface area contributed by atoms with E-state index in [-0.39, 0.29) is 25.9 Å². The van der Waals surface area contributed by atoms with Crippen molar-refractivity contribution in [3.63, 3.8) is 0 Å². The molecule has 0 aromatic heterocycles. The molecule has 440 valence electrons. The van der Waals surface area contributed by atoms with Crippen LogP contribution >= 0.6 is 7.82 Å². The summed E-state index contributed by atoms with van der Waals surface area (Å²) in [6.45, 7) is 4.49. The number of rotatable bonds is 57. The predicted octanol–water partition coefficient (Wildman–Crippen LogP) is 18.5. The van der Waals surface area contributed by atoms with Gasteiger partial charge in [0.2, 0.25) is 0 Å². The molecule has 0 amide bonds. The molecular formula is C64H113O11P. The molecule has 0 saturated carbocycles. The van der Waals surface area contributed by atoms with Crippen LogP contribution in [0.5, 0.6) is 0 Å². The number of ether oxygens (including phenoxy) is 3. The van der Waals surface area contributed by atoms with Gasteiger partial charge in [0.25, 0.3) is 0 Å². The van der Waals surface area contributed by atoms with Gasteiger partial charge < -0.3 is 24.2 Å². The molecule has 0 radical (unpaired) electrons. The number of carbonyl (C=O) groups is 3. The standard InChI is InChI=1S/C64H113O11P/c1-4-7-10-13-16-19-22-25-28-30-33-35-38-41-44-47-50-53-62(66)71-57-61(75-64(68)55-52-49-46-43-40-37-34-31-29-26-23-20-17-14-11-8-5-2)59-73-76(69,70)72-58-60(56-65)74-63(67)54-51-48-45-42-39-36-32-27-24-21-18-15-12-9-6-3/h9,12,17-18,20-21,26-27,29,32,39,42,60-61,65H,4-8,10-11,13-16,19,22-25,28,30-31,33-38,40-41,43-59H2,1-3H3,(H,69,70)/b12-9-,20-17-,21-18-,29-26-,32-27-,42-39-. The first-order valence-corrected chi connectivity index (χ1v) is 32.3. The Labute approximate surface area is 465 Å². The fourth-order valence-electron chi connectivity index (χ4n) is 8.44. The Kier molecular flexibility index (Phi) is 55.7. The summed E-state index contributed by atoms with van der Waals surface area (Å²) in [5.74, 6) is -1.51. The van der Waals surface area contributed by atoms with Crippen molar-refractivity contribution in [2.75, 3.05) is 26.4 Å². The van der Waals surface area contributed by atoms with Gasteiger partial charge in [-0.1, -0.05) is 241 Å². The van der Waals surface area contributed by atoms with Crippen LogP contribution in [0.4, 0.5) is 0 Å². The second-order valence-corrected chi connectivity index (χ2v) is 21.9. The lowest BCUT2D eigenvalue weighted by molar-refractivity contribution is -0.161. The Morgan fingerprint density at radius 2 is 0.684 bits per heavy atom. The molecule has 76 heavy (non-hydrogen) atoms. The van der Waals surface area contributed by atoms with Crippen molar-refractivity contribution < 1.29 is 52.2 Å². The van der Waals surface area contributed by atoms with Crippen LogP contribution in [-0.4, -0.2) is 66.5 Å². The Hall–Kier alpha value is -3.08. The first kappa shape index (κ1) is 72.9. The molecule has 0 heterocycles. The Bertz CT molecular complexity index is 1550. The molecule has 0 saturated heterocycles. The highest BCUT2D eigenvalue weighted by Gasteiger charge is 2.28. The van der Waals surface area contributed by atoms with E-state index < -0.39 is 57.8 Å². The lowest BCUT2D eigenvalue weighted by Crippen LogP contribution is -2.30. The van der Waals surface area contributed by atoms with Crippen molar-refractivity contribution in [1.82, 2.24) is 0 Å². The number of aliphatic hydroxyl groups is 1. The summed E-state index contributed by atoms with van der Waals surface area (Å²) in [7, 11) is -4.76. The molecule has 0 spiro atoms. The maximum atomic E-state index is 12.9. The largest absolute Gasteiger partial charge is 0.472 e. The van der Waals surface area contributed by atoms with Crippen molar-refractivity contribution in [3.05, 3.63) is 72.9 Å². The molecule has 0 aliphatic rings. The summed E-state index contributed by atoms with van der Waals surface area (Å²) >= 11 is 0. The Balaban J connectivity index is 4.75. The van der Waals surface area contributed by atoms with Crippen molar-refractivity contribution in [3.8, 4) is 0 Å². The highest BCUT2D eigenvalue weighted by atomic mass is 31.2. The SMILES string of the molecule is CC/C=C\C/C=C\C/C=C\C/C=C\CCCCC(=O)OC(CO)COP(=O)(O)OCC(COC(=O)CCCCCCCCCCCCCCCCCCC)OC(=O)CCCCCCCCC/C=C\C/C=C\CCCCC. The summed E-state index contributed by atoms with van der Waals surface area (Å²) in [5.41, 5.74) is 0. The second-order valence-electron chi connectivity index (χ2n) is 20.5. The highest BCUT2D eigenvalue weighted by molar-refractivity contribution is 7.47. The van der Waals surface area contributed by atoms with Crippen LogP contribution in [0.2, 0.25) is 0 Å². The number of hydrogen-bond acceptors (Lipinski definition) is 10. The van der Waals surface area contributed by atoms with Gasteiger partial charge in [-0.25, -0.2) is 4.57 Å². The van der Waals surface area contributed by atoms with E-state index in [1.165, 1.54) is 122 Å². The van der Waals surface area contributed by atoms with Crippen LogP contribution in [0.15, 0.2) is 72.9 Å². The number of aliphatic hydroxyl groups excluding tert-OH is 1. The molecule has 0 aromatic rings. The molecule has 0 aromatic carbocycles. The van der Waals surface area contributed by atoms with Crippen molar-refractivity contribution in [2.45, 2.75) is 290 Å². The van der Waals surface area contributed by atoms with Crippen LogP contribution in [0.25, 0.3) is 0 Å². The van der Waals surface area contributed by atoms with E-state index in [4.69, 9.17) is 23.3 Å². The van der Waals surface area contributed by atoms with Crippen LogP contribution in [0.3, 0.4) is 0 Å². The molecule has 0 fully saturated rings. The molecular weight excluding hydrogens is 976 g/mol. The first-order chi connectivity index (χ1) is 37.2. The summed E-state index contributed by atoms with van der Waals surface area (Å²) in [6, 6.07) is 0. The summed E-state index contributed by atoms with van der Waals surface area (Å²) in [6.07, 6.45) is 65.7. The van der Waals surface area contributed by atoms with Crippen LogP contribution < -0.4 is 0 Å². The third-order valence-electron chi connectivity index (χ3n) is 13.1. The molecule has 3 atom stereocenters. The van der Waals surface area contributed by atoms with E-state index in [0.717, 1.165) is 96.3 Å². The molecule has 3 unspecified atom stereocenters. The minimum absolute atomic E-state index is 0.124. The third kappa shape index (κ3) is 55.7. The molecule has 2 N–H and O–H groups in total. The van der Waals surface area contributed by atoms with Gasteiger partial charge in [-0.2, -0.15) is 0 Å². The van der Waals surface area contributed by atoms with Crippen molar-refractivity contribution in [2.24, 2.45) is 0 Å². The number of esters is 3. The van der Waals surface area contributed by atoms with Crippen LogP contribution in [0, 0.1) is 0 Å². The van der Waals surface area contributed by atoms with Gasteiger partial charge in [0.1, 0.15) is 12.7 Å². The molecule has 0 aliphatic carbocycles. The monoisotopic (exact) mass is 1090 g/mol. The van der Waals surface area contributed by atoms with E-state index >= 15 is 0 Å². The van der Waals surface area contributed by atoms with Gasteiger partial charge in [0, 0.05) is 19.3 Å². The van der Waals surface area contributed by atoms with Gasteiger partial charge in [-0.15, -0.1) is 0 Å². The number of hydrogen-bond donors (Lipinski definition) is 2. The fraction of sp³-hybridized carbons (Fsp3) is 0.766. The average Bonchev–Trinajstić information content (AvgIpc) is 3.41. The number of phosphoric ester groups is 1. The molecule has 12 heteroatoms. The minimum atomic E-state index is -4.76. The van der Waals surface area contributed by atoms with E-state index in [2.05, 4.69) is 93.7 Å². The summed E-state index contributed by atoms with van der Waals surface area (Å²) in [4.78, 5) is 48.6. The van der Waals surface area contributed by atoms with Gasteiger partial charge in [-0.05, 0) is 89.9 Å². The maximum absolute atomic E-state index is 12.9. The quantitative estimate of drug-likeness (QED) is 0.0197. The van der Waals surface area contributed by atoms with E-state index in [1.54, 1.807) is 0 Å². The molecule has 0 aliphatic heterocycles. The maximum Gasteiger partial charge on any atom is 0.472 e. The number of carbonyl (C=O) groups excluding carboxylic acids is 3. The normalized spacial score (nSPS) is 13.8. The highest BCUT2D eigenvalue weighted by Crippen LogP contribution is 2.43. The van der Waals surface area contributed by atoms with E-state index in [9.17, 15) is 28.9 Å². The number of phosphoric acid groups is 1. The molecule has 11 nitrogen and oxygen atoms in total. The van der Waals surface area contributed by atoms with Crippen molar-refractivity contribution in [1.29, 1.82) is 0 Å². The zero-order valence-electron chi connectivity index (χ0n) is 48.7. The van der Waals surface area contributed by atoms with Gasteiger partial charge in [0.05, 0.1) is 19.8 Å². The smallest absolute Gasteiger partial charge is 0.462 e. The number of unbranched alkanes of at least 4 members (excludes halogenated alkanes) is 28. The van der Waals surface area contributed by atoms with Crippen LogP contribution in [0.1, 0.15) is 278 Å². The number of allylic oxidation sites excluding steroid dienone is 12. The first-order valence-electron chi connectivity index (χ1n) is 30.8. The molecule has 0 bridgehead atoms. The third-order valence-corrected chi connectivity index (χ3v) is 14.1. The Morgan fingerprint density at radius 1 is 0.382 bits per heavy atom. The zero-order chi connectivity index (χ0) is 55.5. The topological polar surface area (TPSA) is 155 Å². The van der Waals surface area contributed by atoms with Gasteiger partial charge >= 0.3 is 25.7 Å². The zero-order valence-corrected chi connectivity index (χ0v) is 49.6. The fourth-order valence-corrected chi connectivity index (χ4v) is 9.22.